The Balaban J connectivity index is 1.28. The SMILES string of the molecule is N#Cc1ccc(S(=O)(=O)N2CCN(Cc3nc4sc(-c5ccccc5)cc4c(=O)[nH]3)CC2)cc1. The molecular formula is C24H21N5O3S2. The molecule has 34 heavy (non-hydrogen) atoms. The summed E-state index contributed by atoms with van der Waals surface area (Å²) in [5.41, 5.74) is 1.30. The summed E-state index contributed by atoms with van der Waals surface area (Å²) in [6, 6.07) is 19.7. The fourth-order valence-electron chi connectivity index (χ4n) is 3.99. The van der Waals surface area contributed by atoms with Gasteiger partial charge in [-0.1, -0.05) is 30.3 Å². The van der Waals surface area contributed by atoms with Crippen molar-refractivity contribution in [3.8, 4) is 16.5 Å². The number of nitriles is 1. The number of benzene rings is 2. The molecule has 0 saturated carbocycles. The molecule has 5 rings (SSSR count). The fourth-order valence-corrected chi connectivity index (χ4v) is 6.46. The number of piperazine rings is 1. The minimum Gasteiger partial charge on any atom is -0.309 e. The zero-order valence-electron chi connectivity index (χ0n) is 18.1. The Morgan fingerprint density at radius 3 is 2.41 bits per heavy atom. The van der Waals surface area contributed by atoms with Crippen molar-refractivity contribution in [3.05, 3.63) is 82.4 Å². The van der Waals surface area contributed by atoms with E-state index in [1.165, 1.54) is 39.9 Å². The lowest BCUT2D eigenvalue weighted by molar-refractivity contribution is 0.178. The van der Waals surface area contributed by atoms with Gasteiger partial charge < -0.3 is 4.98 Å². The quantitative estimate of drug-likeness (QED) is 0.460. The average molecular weight is 492 g/mol. The summed E-state index contributed by atoms with van der Waals surface area (Å²) in [4.78, 5) is 24.2. The number of aromatic amines is 1. The number of hydrogen-bond donors (Lipinski definition) is 1. The first-order valence-corrected chi connectivity index (χ1v) is 13.0. The van der Waals surface area contributed by atoms with Gasteiger partial charge in [0.1, 0.15) is 10.7 Å². The van der Waals surface area contributed by atoms with Crippen molar-refractivity contribution >= 4 is 31.6 Å². The van der Waals surface area contributed by atoms with Crippen LogP contribution in [0.2, 0.25) is 0 Å². The molecule has 0 atom stereocenters. The second-order valence-electron chi connectivity index (χ2n) is 8.02. The number of H-pyrrole nitrogens is 1. The third kappa shape index (κ3) is 4.38. The van der Waals surface area contributed by atoms with Gasteiger partial charge in [0.2, 0.25) is 10.0 Å². The van der Waals surface area contributed by atoms with E-state index in [0.29, 0.717) is 54.3 Å². The standard InChI is InChI=1S/C24H21N5O3S2/c25-15-17-6-8-19(9-7-17)34(31,32)29-12-10-28(11-13-29)16-22-26-23(30)20-14-21(33-24(20)27-22)18-4-2-1-3-5-18/h1-9,14H,10-13,16H2,(H,26,27,30). The summed E-state index contributed by atoms with van der Waals surface area (Å²) >= 11 is 1.49. The van der Waals surface area contributed by atoms with Crippen molar-refractivity contribution in [2.75, 3.05) is 26.2 Å². The van der Waals surface area contributed by atoms with Crippen molar-refractivity contribution < 1.29 is 8.42 Å². The number of nitrogens with one attached hydrogen (secondary N) is 1. The second-order valence-corrected chi connectivity index (χ2v) is 11.0. The number of sulfonamides is 1. The van der Waals surface area contributed by atoms with Gasteiger partial charge in [0.05, 0.1) is 28.5 Å². The average Bonchev–Trinajstić information content (AvgIpc) is 3.30. The van der Waals surface area contributed by atoms with Crippen molar-refractivity contribution in [1.29, 1.82) is 5.26 Å². The van der Waals surface area contributed by atoms with Crippen LogP contribution in [0.4, 0.5) is 0 Å². The van der Waals surface area contributed by atoms with Gasteiger partial charge in [-0.25, -0.2) is 13.4 Å². The third-order valence-corrected chi connectivity index (χ3v) is 8.83. The fraction of sp³-hybridized carbons (Fsp3) is 0.208. The van der Waals surface area contributed by atoms with Crippen LogP contribution in [0.15, 0.2) is 70.4 Å². The maximum Gasteiger partial charge on any atom is 0.259 e. The number of rotatable bonds is 5. The highest BCUT2D eigenvalue weighted by Crippen LogP contribution is 2.30. The maximum atomic E-state index is 12.9. The molecule has 10 heteroatoms. The number of nitrogens with zero attached hydrogens (tertiary/aromatic N) is 4. The molecule has 0 aliphatic carbocycles. The maximum absolute atomic E-state index is 12.9. The molecule has 0 unspecified atom stereocenters. The lowest BCUT2D eigenvalue weighted by Gasteiger charge is -2.33. The van der Waals surface area contributed by atoms with Crippen molar-refractivity contribution in [2.45, 2.75) is 11.4 Å². The molecule has 0 spiro atoms. The first-order chi connectivity index (χ1) is 16.4. The number of hydrogen-bond acceptors (Lipinski definition) is 7. The van der Waals surface area contributed by atoms with Gasteiger partial charge in [0.25, 0.3) is 5.56 Å². The topological polar surface area (TPSA) is 110 Å². The normalized spacial score (nSPS) is 15.4. The van der Waals surface area contributed by atoms with Gasteiger partial charge in [0.15, 0.2) is 0 Å². The van der Waals surface area contributed by atoms with Gasteiger partial charge in [-0.2, -0.15) is 9.57 Å². The van der Waals surface area contributed by atoms with Crippen LogP contribution < -0.4 is 5.56 Å². The smallest absolute Gasteiger partial charge is 0.259 e. The van der Waals surface area contributed by atoms with E-state index in [4.69, 9.17) is 5.26 Å². The zero-order chi connectivity index (χ0) is 23.7. The predicted octanol–water partition coefficient (Wildman–Crippen LogP) is 3.03. The Morgan fingerprint density at radius 1 is 1.03 bits per heavy atom. The van der Waals surface area contributed by atoms with Crippen LogP contribution in [0.3, 0.4) is 0 Å². The lowest BCUT2D eigenvalue weighted by Crippen LogP contribution is -2.48. The van der Waals surface area contributed by atoms with E-state index in [1.54, 1.807) is 0 Å². The molecule has 2 aromatic heterocycles. The predicted molar refractivity (Wildman–Crippen MR) is 131 cm³/mol. The van der Waals surface area contributed by atoms with Crippen LogP contribution >= 0.6 is 11.3 Å². The summed E-state index contributed by atoms with van der Waals surface area (Å²) in [6.45, 7) is 2.17. The highest BCUT2D eigenvalue weighted by atomic mass is 32.2. The Labute approximate surface area is 200 Å². The van der Waals surface area contributed by atoms with Crippen molar-refractivity contribution in [2.24, 2.45) is 0 Å². The summed E-state index contributed by atoms with van der Waals surface area (Å²) < 4.78 is 27.3. The lowest BCUT2D eigenvalue weighted by atomic mass is 10.2. The van der Waals surface area contributed by atoms with Crippen molar-refractivity contribution in [3.63, 3.8) is 0 Å². The van der Waals surface area contributed by atoms with Crippen molar-refractivity contribution in [1.82, 2.24) is 19.2 Å². The minimum atomic E-state index is -3.62. The minimum absolute atomic E-state index is 0.166. The van der Waals surface area contributed by atoms with Crippen LogP contribution in [0.25, 0.3) is 20.7 Å². The van der Waals surface area contributed by atoms with Crippen LogP contribution in [0.5, 0.6) is 0 Å². The third-order valence-electron chi connectivity index (χ3n) is 5.84. The highest BCUT2D eigenvalue weighted by Gasteiger charge is 2.28. The van der Waals surface area contributed by atoms with E-state index in [1.807, 2.05) is 42.5 Å². The monoisotopic (exact) mass is 491 g/mol. The summed E-state index contributed by atoms with van der Waals surface area (Å²) in [7, 11) is -3.62. The molecule has 172 valence electrons. The number of aromatic nitrogens is 2. The van der Waals surface area contributed by atoms with Gasteiger partial charge >= 0.3 is 0 Å². The Kier molecular flexibility index (Phi) is 6.02. The summed E-state index contributed by atoms with van der Waals surface area (Å²) in [5, 5.41) is 9.49. The van der Waals surface area contributed by atoms with Gasteiger partial charge in [-0.15, -0.1) is 11.3 Å². The van der Waals surface area contributed by atoms with E-state index in [9.17, 15) is 13.2 Å². The van der Waals surface area contributed by atoms with Gasteiger partial charge in [0, 0.05) is 31.1 Å². The molecule has 1 saturated heterocycles. The van der Waals surface area contributed by atoms with E-state index in [-0.39, 0.29) is 10.5 Å². The molecular weight excluding hydrogens is 470 g/mol. The molecule has 4 aromatic rings. The highest BCUT2D eigenvalue weighted by molar-refractivity contribution is 7.89. The molecule has 1 aliphatic heterocycles. The first kappa shape index (κ1) is 22.4. The van der Waals surface area contributed by atoms with Crippen LogP contribution in [-0.4, -0.2) is 53.8 Å². The summed E-state index contributed by atoms with van der Waals surface area (Å²) in [5.74, 6) is 0.572. The molecule has 0 radical (unpaired) electrons. The molecule has 1 fully saturated rings. The van der Waals surface area contributed by atoms with Gasteiger partial charge in [-0.05, 0) is 35.9 Å². The molecule has 8 nitrogen and oxygen atoms in total. The zero-order valence-corrected chi connectivity index (χ0v) is 19.8. The van der Waals surface area contributed by atoms with E-state index >= 15 is 0 Å². The Hall–Kier alpha value is -3.36. The molecule has 2 aromatic carbocycles. The molecule has 1 N–H and O–H groups in total. The van der Waals surface area contributed by atoms with Crippen LogP contribution in [-0.2, 0) is 16.6 Å². The van der Waals surface area contributed by atoms with Crippen LogP contribution in [0, 0.1) is 11.3 Å². The summed E-state index contributed by atoms with van der Waals surface area (Å²) in [6.07, 6.45) is 0. The van der Waals surface area contributed by atoms with E-state index in [2.05, 4.69) is 14.9 Å². The Morgan fingerprint density at radius 2 is 1.74 bits per heavy atom. The number of thiophene rings is 1. The van der Waals surface area contributed by atoms with Gasteiger partial charge in [-0.3, -0.25) is 9.69 Å². The molecule has 0 bridgehead atoms. The number of fused-ring (bicyclic) bond motifs is 1. The molecule has 1 aliphatic rings. The molecule has 0 amide bonds. The van der Waals surface area contributed by atoms with E-state index in [0.717, 1.165) is 10.4 Å². The van der Waals surface area contributed by atoms with E-state index < -0.39 is 10.0 Å². The van der Waals surface area contributed by atoms with Crippen LogP contribution in [0.1, 0.15) is 11.4 Å². The molecule has 3 heterocycles. The Bertz CT molecular complexity index is 1530. The first-order valence-electron chi connectivity index (χ1n) is 10.7. The second kappa shape index (κ2) is 9.12. The largest absolute Gasteiger partial charge is 0.309 e.